The molecule has 0 aliphatic carbocycles. The van der Waals surface area contributed by atoms with Gasteiger partial charge in [0.25, 0.3) is 0 Å². The molecule has 4 nitrogen and oxygen atoms in total. The van der Waals surface area contributed by atoms with Gasteiger partial charge >= 0.3 is 0 Å². The summed E-state index contributed by atoms with van der Waals surface area (Å²) in [5.74, 6) is 1.42. The van der Waals surface area contributed by atoms with Gasteiger partial charge in [-0.1, -0.05) is 18.2 Å². The molecule has 2 aromatic rings. The summed E-state index contributed by atoms with van der Waals surface area (Å²) in [5, 5.41) is 2.88. The van der Waals surface area contributed by atoms with Crippen molar-refractivity contribution in [2.45, 2.75) is 16.6 Å². The maximum atomic E-state index is 12.4. The minimum atomic E-state index is -0.0761. The van der Waals surface area contributed by atoms with Gasteiger partial charge in [0.15, 0.2) is 11.5 Å². The normalized spacial score (nSPS) is 18.4. The number of amides is 1. The van der Waals surface area contributed by atoms with Gasteiger partial charge in [-0.15, -0.1) is 11.8 Å². The molecule has 0 aromatic heterocycles. The van der Waals surface area contributed by atoms with Gasteiger partial charge in [-0.3, -0.25) is 4.79 Å². The number of rotatable bonds is 2. The Bertz CT molecular complexity index is 691. The maximum Gasteiger partial charge on any atom is 0.238 e. The van der Waals surface area contributed by atoms with Crippen molar-refractivity contribution in [3.05, 3.63) is 48.0 Å². The molecule has 21 heavy (non-hydrogen) atoms. The highest BCUT2D eigenvalue weighted by Gasteiger charge is 2.28. The second kappa shape index (κ2) is 5.00. The van der Waals surface area contributed by atoms with Crippen LogP contribution in [0.25, 0.3) is 0 Å². The van der Waals surface area contributed by atoms with E-state index in [9.17, 15) is 4.79 Å². The van der Waals surface area contributed by atoms with Crippen molar-refractivity contribution in [1.29, 1.82) is 0 Å². The maximum absolute atomic E-state index is 12.4. The lowest BCUT2D eigenvalue weighted by atomic mass is 10.1. The molecule has 0 spiro atoms. The first-order valence-corrected chi connectivity index (χ1v) is 7.63. The van der Waals surface area contributed by atoms with Crippen LogP contribution in [0, 0.1) is 0 Å². The Kier molecular flexibility index (Phi) is 3.00. The number of hydrogen-bond acceptors (Lipinski definition) is 4. The number of anilines is 1. The van der Waals surface area contributed by atoms with Crippen LogP contribution in [0.1, 0.15) is 5.56 Å². The van der Waals surface area contributed by atoms with Gasteiger partial charge in [-0.2, -0.15) is 0 Å². The number of carbonyl (C=O) groups excluding carboxylic acids is 1. The molecule has 1 atom stereocenters. The molecule has 1 amide bonds. The first-order valence-electron chi connectivity index (χ1n) is 6.75. The lowest BCUT2D eigenvalue weighted by Crippen LogP contribution is -2.24. The molecule has 0 bridgehead atoms. The highest BCUT2D eigenvalue weighted by molar-refractivity contribution is 8.01. The number of hydrogen-bond donors (Lipinski definition) is 1. The predicted molar refractivity (Wildman–Crippen MR) is 81.0 cm³/mol. The Labute approximate surface area is 126 Å². The molecule has 4 rings (SSSR count). The number of carbonyl (C=O) groups is 1. The molecule has 106 valence electrons. The zero-order valence-corrected chi connectivity index (χ0v) is 12.0. The number of ether oxygens (including phenoxy) is 2. The Balaban J connectivity index is 1.47. The SMILES string of the molecule is O=C(Nc1ccc2c(c1)OCO2)C1Cc2ccccc2S1. The molecule has 2 aromatic carbocycles. The zero-order valence-electron chi connectivity index (χ0n) is 11.2. The summed E-state index contributed by atoms with van der Waals surface area (Å²) < 4.78 is 10.6. The van der Waals surface area contributed by atoms with Crippen molar-refractivity contribution in [1.82, 2.24) is 0 Å². The summed E-state index contributed by atoms with van der Waals surface area (Å²) in [6.45, 7) is 0.237. The predicted octanol–water partition coefficient (Wildman–Crippen LogP) is 3.07. The quantitative estimate of drug-likeness (QED) is 0.926. The second-order valence-electron chi connectivity index (χ2n) is 4.98. The molecule has 0 fully saturated rings. The highest BCUT2D eigenvalue weighted by Crippen LogP contribution is 2.38. The highest BCUT2D eigenvalue weighted by atomic mass is 32.2. The third-order valence-corrected chi connectivity index (χ3v) is 4.90. The fraction of sp³-hybridized carbons (Fsp3) is 0.188. The van der Waals surface area contributed by atoms with Crippen molar-refractivity contribution in [3.8, 4) is 11.5 Å². The summed E-state index contributed by atoms with van der Waals surface area (Å²) in [6.07, 6.45) is 0.775. The Morgan fingerprint density at radius 2 is 2.00 bits per heavy atom. The fourth-order valence-electron chi connectivity index (χ4n) is 2.53. The summed E-state index contributed by atoms with van der Waals surface area (Å²) in [6, 6.07) is 13.6. The van der Waals surface area contributed by atoms with E-state index in [2.05, 4.69) is 17.4 Å². The van der Waals surface area contributed by atoms with Crippen molar-refractivity contribution in [2.24, 2.45) is 0 Å². The van der Waals surface area contributed by atoms with E-state index in [4.69, 9.17) is 9.47 Å². The average Bonchev–Trinajstić information content (AvgIpc) is 3.13. The Morgan fingerprint density at radius 3 is 2.90 bits per heavy atom. The first-order chi connectivity index (χ1) is 10.3. The summed E-state index contributed by atoms with van der Waals surface area (Å²) in [5.41, 5.74) is 1.98. The first kappa shape index (κ1) is 12.6. The third-order valence-electron chi connectivity index (χ3n) is 3.58. The lowest BCUT2D eigenvalue weighted by molar-refractivity contribution is -0.115. The van der Waals surface area contributed by atoms with Crippen molar-refractivity contribution >= 4 is 23.4 Å². The van der Waals surface area contributed by atoms with Gasteiger partial charge in [-0.05, 0) is 30.2 Å². The van der Waals surface area contributed by atoms with Crippen LogP contribution in [0.2, 0.25) is 0 Å². The lowest BCUT2D eigenvalue weighted by Gasteiger charge is -2.10. The average molecular weight is 299 g/mol. The van der Waals surface area contributed by atoms with Crippen molar-refractivity contribution in [3.63, 3.8) is 0 Å². The number of nitrogens with one attached hydrogen (secondary N) is 1. The largest absolute Gasteiger partial charge is 0.454 e. The van der Waals surface area contributed by atoms with E-state index in [0.29, 0.717) is 5.75 Å². The molecular formula is C16H13NO3S. The Hall–Kier alpha value is -2.14. The van der Waals surface area contributed by atoms with Crippen LogP contribution in [0.5, 0.6) is 11.5 Å². The molecule has 0 radical (unpaired) electrons. The van der Waals surface area contributed by atoms with E-state index in [1.807, 2.05) is 24.3 Å². The summed E-state index contributed by atoms with van der Waals surface area (Å²) in [4.78, 5) is 13.6. The number of fused-ring (bicyclic) bond motifs is 2. The van der Waals surface area contributed by atoms with Gasteiger partial charge in [0, 0.05) is 16.6 Å². The molecule has 2 aliphatic rings. The molecule has 1 N–H and O–H groups in total. The Morgan fingerprint density at radius 1 is 1.14 bits per heavy atom. The van der Waals surface area contributed by atoms with E-state index in [0.717, 1.165) is 17.9 Å². The van der Waals surface area contributed by atoms with Crippen LogP contribution < -0.4 is 14.8 Å². The number of thioether (sulfide) groups is 1. The summed E-state index contributed by atoms with van der Waals surface area (Å²) in [7, 11) is 0. The van der Waals surface area contributed by atoms with Gasteiger partial charge in [0.1, 0.15) is 0 Å². The van der Waals surface area contributed by atoms with E-state index in [1.54, 1.807) is 17.8 Å². The monoisotopic (exact) mass is 299 g/mol. The molecular weight excluding hydrogens is 286 g/mol. The van der Waals surface area contributed by atoms with Crippen molar-refractivity contribution in [2.75, 3.05) is 12.1 Å². The third kappa shape index (κ3) is 2.34. The topological polar surface area (TPSA) is 47.6 Å². The van der Waals surface area contributed by atoms with E-state index >= 15 is 0 Å². The second-order valence-corrected chi connectivity index (χ2v) is 6.22. The number of benzene rings is 2. The van der Waals surface area contributed by atoms with E-state index in [-0.39, 0.29) is 18.0 Å². The van der Waals surface area contributed by atoms with Crippen LogP contribution in [-0.4, -0.2) is 18.0 Å². The fourth-order valence-corrected chi connectivity index (χ4v) is 3.72. The van der Waals surface area contributed by atoms with E-state index in [1.165, 1.54) is 10.5 Å². The van der Waals surface area contributed by atoms with Crippen LogP contribution >= 0.6 is 11.8 Å². The molecule has 0 saturated carbocycles. The minimum Gasteiger partial charge on any atom is -0.454 e. The zero-order chi connectivity index (χ0) is 14.2. The van der Waals surface area contributed by atoms with Gasteiger partial charge in [-0.25, -0.2) is 0 Å². The molecule has 2 heterocycles. The van der Waals surface area contributed by atoms with Gasteiger partial charge < -0.3 is 14.8 Å². The van der Waals surface area contributed by atoms with Crippen LogP contribution in [-0.2, 0) is 11.2 Å². The molecule has 2 aliphatic heterocycles. The minimum absolute atomic E-state index is 0.0232. The van der Waals surface area contributed by atoms with Crippen LogP contribution in [0.15, 0.2) is 47.4 Å². The van der Waals surface area contributed by atoms with Gasteiger partial charge in [0.2, 0.25) is 12.7 Å². The van der Waals surface area contributed by atoms with Crippen LogP contribution in [0.3, 0.4) is 0 Å². The molecule has 1 unspecified atom stereocenters. The van der Waals surface area contributed by atoms with Crippen LogP contribution in [0.4, 0.5) is 5.69 Å². The molecule has 5 heteroatoms. The molecule has 0 saturated heterocycles. The van der Waals surface area contributed by atoms with Gasteiger partial charge in [0.05, 0.1) is 5.25 Å². The smallest absolute Gasteiger partial charge is 0.238 e. The summed E-state index contributed by atoms with van der Waals surface area (Å²) >= 11 is 1.62. The van der Waals surface area contributed by atoms with Crippen molar-refractivity contribution < 1.29 is 14.3 Å². The van der Waals surface area contributed by atoms with E-state index < -0.39 is 0 Å². The standard InChI is InChI=1S/C16H13NO3S/c18-16(15-7-10-3-1-2-4-14(10)21-15)17-11-5-6-12-13(8-11)20-9-19-12/h1-6,8,15H,7,9H2,(H,17,18).